The molecule has 2 N–H and O–H groups in total. The first-order chi connectivity index (χ1) is 9.93. The highest BCUT2D eigenvalue weighted by atomic mass is 16.8. The summed E-state index contributed by atoms with van der Waals surface area (Å²) < 4.78 is 11.9. The summed E-state index contributed by atoms with van der Waals surface area (Å²) in [5.41, 5.74) is 1.54. The van der Waals surface area contributed by atoms with Gasteiger partial charge in [-0.2, -0.15) is 5.23 Å². The third kappa shape index (κ3) is 2.35. The Morgan fingerprint density at radius 2 is 2.14 bits per heavy atom. The number of ether oxygens (including phenoxy) is 2. The van der Waals surface area contributed by atoms with Gasteiger partial charge in [-0.05, 0) is 26.0 Å². The third-order valence-electron chi connectivity index (χ3n) is 3.53. The van der Waals surface area contributed by atoms with E-state index in [1.807, 2.05) is 0 Å². The van der Waals surface area contributed by atoms with Gasteiger partial charge in [-0.25, -0.2) is 10.0 Å². The lowest BCUT2D eigenvalue weighted by molar-refractivity contribution is -0.990. The highest BCUT2D eigenvalue weighted by Gasteiger charge is 2.27. The van der Waals surface area contributed by atoms with Gasteiger partial charge in [-0.3, -0.25) is 0 Å². The van der Waals surface area contributed by atoms with Crippen LogP contribution in [0.15, 0.2) is 12.1 Å². The molecule has 1 atom stereocenters. The fraction of sp³-hybridized carbons (Fsp3) is 0.357. The molecule has 1 aromatic carbocycles. The highest BCUT2D eigenvalue weighted by Crippen LogP contribution is 2.36. The van der Waals surface area contributed by atoms with Crippen LogP contribution in [0.2, 0.25) is 0 Å². The van der Waals surface area contributed by atoms with Crippen molar-refractivity contribution in [1.82, 2.24) is 4.57 Å². The summed E-state index contributed by atoms with van der Waals surface area (Å²) in [5.74, 6) is -0.317. The van der Waals surface area contributed by atoms with Crippen LogP contribution < -0.4 is 9.96 Å². The van der Waals surface area contributed by atoms with Gasteiger partial charge in [0.05, 0.1) is 30.2 Å². The number of nitrogens with zero attached hydrogens (tertiary/aromatic N) is 1. The molecule has 0 saturated heterocycles. The predicted molar refractivity (Wildman–Crippen MR) is 75.9 cm³/mol. The minimum absolute atomic E-state index is 0.0262. The van der Waals surface area contributed by atoms with Crippen molar-refractivity contribution in [2.24, 2.45) is 7.05 Å². The molecule has 0 saturated carbocycles. The Bertz CT molecular complexity index is 690. The molecule has 0 fully saturated rings. The maximum Gasteiger partial charge on any atom is 0.340 e. The normalized spacial score (nSPS) is 12.5. The van der Waals surface area contributed by atoms with E-state index in [1.54, 1.807) is 37.6 Å². The Hall–Kier alpha value is -2.09. The van der Waals surface area contributed by atoms with E-state index in [9.17, 15) is 15.2 Å². The standard InChI is InChI=1S/C14H18N2O5/c1-5-21-14(17)11-8(2)15(3)9-6-7-10(20-4)13(12(9)11)16(18)19/h6-7,16,18H,5H2,1-4H3. The Morgan fingerprint density at radius 3 is 2.67 bits per heavy atom. The van der Waals surface area contributed by atoms with Crippen LogP contribution in [0.25, 0.3) is 10.9 Å². The van der Waals surface area contributed by atoms with Crippen LogP contribution in [-0.2, 0) is 11.8 Å². The summed E-state index contributed by atoms with van der Waals surface area (Å²) in [5, 5.41) is 20.3. The number of hydrogen-bond donors (Lipinski definition) is 2. The SMILES string of the molecule is CCOC(=O)c1c(C)n(C)c2ccc(OC)c([NH+]([O-])O)c12. The van der Waals surface area contributed by atoms with Crippen molar-refractivity contribution in [2.45, 2.75) is 13.8 Å². The van der Waals surface area contributed by atoms with E-state index in [0.717, 1.165) is 0 Å². The number of carbonyl (C=O) groups excluding carboxylic acids is 1. The lowest BCUT2D eigenvalue weighted by Crippen LogP contribution is -2.99. The van der Waals surface area contributed by atoms with Gasteiger partial charge in [-0.15, -0.1) is 0 Å². The minimum atomic E-state index is -1.14. The number of rotatable bonds is 4. The van der Waals surface area contributed by atoms with Gasteiger partial charge < -0.3 is 19.2 Å². The van der Waals surface area contributed by atoms with Crippen LogP contribution in [0.3, 0.4) is 0 Å². The number of nitrogens with one attached hydrogen (secondary N) is 1. The van der Waals surface area contributed by atoms with Crippen molar-refractivity contribution in [1.29, 1.82) is 0 Å². The molecule has 21 heavy (non-hydrogen) atoms. The molecule has 1 unspecified atom stereocenters. The topological polar surface area (TPSA) is 88.2 Å². The minimum Gasteiger partial charge on any atom is -0.595 e. The quantitative estimate of drug-likeness (QED) is 0.650. The Balaban J connectivity index is 2.89. The number of aryl methyl sites for hydroxylation is 1. The lowest BCUT2D eigenvalue weighted by atomic mass is 10.1. The number of quaternary nitrogens is 1. The summed E-state index contributed by atoms with van der Waals surface area (Å²) in [7, 11) is 3.17. The molecule has 7 nitrogen and oxygen atoms in total. The molecule has 0 amide bonds. The molecule has 0 aliphatic heterocycles. The van der Waals surface area contributed by atoms with Gasteiger partial charge in [-0.1, -0.05) is 0 Å². The van der Waals surface area contributed by atoms with Gasteiger partial charge in [0.25, 0.3) is 0 Å². The molecule has 2 aromatic rings. The smallest absolute Gasteiger partial charge is 0.340 e. The van der Waals surface area contributed by atoms with Gasteiger partial charge >= 0.3 is 5.97 Å². The second kappa shape index (κ2) is 5.72. The van der Waals surface area contributed by atoms with E-state index in [4.69, 9.17) is 9.47 Å². The molecule has 114 valence electrons. The molecule has 7 heteroatoms. The average molecular weight is 294 g/mol. The first-order valence-electron chi connectivity index (χ1n) is 6.50. The van der Waals surface area contributed by atoms with E-state index in [-0.39, 0.29) is 23.6 Å². The zero-order chi connectivity index (χ0) is 15.7. The number of esters is 1. The van der Waals surface area contributed by atoms with Crippen LogP contribution in [0.5, 0.6) is 5.75 Å². The summed E-state index contributed by atoms with van der Waals surface area (Å²) >= 11 is 0. The maximum absolute atomic E-state index is 12.2. The van der Waals surface area contributed by atoms with E-state index in [0.29, 0.717) is 16.6 Å². The molecule has 0 spiro atoms. The van der Waals surface area contributed by atoms with Crippen LogP contribution in [0.1, 0.15) is 23.0 Å². The van der Waals surface area contributed by atoms with E-state index in [2.05, 4.69) is 0 Å². The number of benzene rings is 1. The molecular weight excluding hydrogens is 276 g/mol. The second-order valence-electron chi connectivity index (χ2n) is 4.58. The second-order valence-corrected chi connectivity index (χ2v) is 4.58. The Kier molecular flexibility index (Phi) is 4.17. The van der Waals surface area contributed by atoms with Gasteiger partial charge in [0.1, 0.15) is 0 Å². The van der Waals surface area contributed by atoms with Gasteiger partial charge in [0.2, 0.25) is 5.69 Å². The summed E-state index contributed by atoms with van der Waals surface area (Å²) in [6.07, 6.45) is 0. The molecule has 0 aliphatic rings. The van der Waals surface area contributed by atoms with Crippen molar-refractivity contribution in [3.05, 3.63) is 28.6 Å². The van der Waals surface area contributed by atoms with Crippen LogP contribution in [0.4, 0.5) is 5.69 Å². The number of fused-ring (bicyclic) bond motifs is 1. The number of methoxy groups -OCH3 is 1. The molecule has 2 rings (SSSR count). The fourth-order valence-electron chi connectivity index (χ4n) is 2.47. The fourth-order valence-corrected chi connectivity index (χ4v) is 2.47. The predicted octanol–water partition coefficient (Wildman–Crippen LogP) is 1.08. The molecule has 0 aliphatic carbocycles. The van der Waals surface area contributed by atoms with E-state index >= 15 is 0 Å². The highest BCUT2D eigenvalue weighted by molar-refractivity contribution is 6.10. The summed E-state index contributed by atoms with van der Waals surface area (Å²) in [4.78, 5) is 12.2. The average Bonchev–Trinajstić information content (AvgIpc) is 2.70. The first-order valence-corrected chi connectivity index (χ1v) is 6.50. The van der Waals surface area contributed by atoms with Crippen molar-refractivity contribution in [3.8, 4) is 5.75 Å². The number of aromatic nitrogens is 1. The van der Waals surface area contributed by atoms with Crippen molar-refractivity contribution in [3.63, 3.8) is 0 Å². The van der Waals surface area contributed by atoms with Crippen LogP contribution in [0, 0.1) is 12.1 Å². The van der Waals surface area contributed by atoms with Gasteiger partial charge in [0, 0.05) is 12.7 Å². The summed E-state index contributed by atoms with van der Waals surface area (Å²) in [6, 6.07) is 3.32. The Labute approximate surface area is 121 Å². The van der Waals surface area contributed by atoms with Crippen molar-refractivity contribution < 1.29 is 24.7 Å². The van der Waals surface area contributed by atoms with E-state index in [1.165, 1.54) is 7.11 Å². The Morgan fingerprint density at radius 1 is 1.48 bits per heavy atom. The van der Waals surface area contributed by atoms with Gasteiger partial charge in [0.15, 0.2) is 5.75 Å². The van der Waals surface area contributed by atoms with Crippen LogP contribution in [-0.4, -0.2) is 29.5 Å². The zero-order valence-corrected chi connectivity index (χ0v) is 12.4. The maximum atomic E-state index is 12.2. The largest absolute Gasteiger partial charge is 0.595 e. The zero-order valence-electron chi connectivity index (χ0n) is 12.4. The molecule has 1 aromatic heterocycles. The van der Waals surface area contributed by atoms with Crippen molar-refractivity contribution >= 4 is 22.6 Å². The number of carbonyl (C=O) groups is 1. The molecule has 0 bridgehead atoms. The van der Waals surface area contributed by atoms with E-state index < -0.39 is 11.2 Å². The van der Waals surface area contributed by atoms with Crippen molar-refractivity contribution in [2.75, 3.05) is 13.7 Å². The first kappa shape index (κ1) is 15.3. The monoisotopic (exact) mass is 294 g/mol. The lowest BCUT2D eigenvalue weighted by Gasteiger charge is -2.16. The molecule has 0 radical (unpaired) electrons. The summed E-state index contributed by atoms with van der Waals surface area (Å²) in [6.45, 7) is 3.68. The number of hydrogen-bond acceptors (Lipinski definition) is 5. The molecule has 1 heterocycles. The van der Waals surface area contributed by atoms with Crippen LogP contribution >= 0.6 is 0 Å². The third-order valence-corrected chi connectivity index (χ3v) is 3.53. The molecular formula is C14H18N2O5.